The number of rotatable bonds is 4. The molecule has 0 unspecified atom stereocenters. The lowest BCUT2D eigenvalue weighted by Gasteiger charge is -2.20. The molecule has 32 heavy (non-hydrogen) atoms. The SMILES string of the molecule is C[C@H](NC(=O)c1ccc(C(=O)N2CC=CC2)c(C(F)(F)F)c1)c1nc2cc(Cl)ccc2[nH]1. The summed E-state index contributed by atoms with van der Waals surface area (Å²) in [5.41, 5.74) is -0.524. The average molecular weight is 463 g/mol. The van der Waals surface area contributed by atoms with Gasteiger partial charge in [-0.15, -0.1) is 0 Å². The number of benzene rings is 2. The maximum absolute atomic E-state index is 13.7. The number of carbonyl (C=O) groups is 2. The van der Waals surface area contributed by atoms with Gasteiger partial charge >= 0.3 is 6.18 Å². The number of halogens is 4. The van der Waals surface area contributed by atoms with E-state index in [9.17, 15) is 22.8 Å². The molecule has 0 aliphatic carbocycles. The van der Waals surface area contributed by atoms with Crippen molar-refractivity contribution < 1.29 is 22.8 Å². The normalized spacial score (nSPS) is 14.7. The van der Waals surface area contributed by atoms with Crippen molar-refractivity contribution in [2.75, 3.05) is 13.1 Å². The number of alkyl halides is 3. The van der Waals surface area contributed by atoms with E-state index in [4.69, 9.17) is 11.6 Å². The van der Waals surface area contributed by atoms with Gasteiger partial charge in [-0.1, -0.05) is 23.8 Å². The molecule has 2 N–H and O–H groups in total. The Morgan fingerprint density at radius 3 is 2.56 bits per heavy atom. The third kappa shape index (κ3) is 4.34. The number of aromatic nitrogens is 2. The predicted molar refractivity (Wildman–Crippen MR) is 113 cm³/mol. The van der Waals surface area contributed by atoms with Crippen molar-refractivity contribution in [3.63, 3.8) is 0 Å². The molecule has 2 amide bonds. The number of amides is 2. The molecule has 6 nitrogen and oxygen atoms in total. The van der Waals surface area contributed by atoms with Crippen molar-refractivity contribution in [2.45, 2.75) is 19.1 Å². The summed E-state index contributed by atoms with van der Waals surface area (Å²) in [6, 6.07) is 7.45. The Morgan fingerprint density at radius 1 is 1.16 bits per heavy atom. The second kappa shape index (κ2) is 8.31. The van der Waals surface area contributed by atoms with Crippen molar-refractivity contribution in [1.29, 1.82) is 0 Å². The van der Waals surface area contributed by atoms with Crippen LogP contribution in [0.1, 0.15) is 45.1 Å². The fourth-order valence-electron chi connectivity index (χ4n) is 3.47. The van der Waals surface area contributed by atoms with E-state index >= 15 is 0 Å². The minimum Gasteiger partial charge on any atom is -0.342 e. The number of nitrogens with one attached hydrogen (secondary N) is 2. The Bertz CT molecular complexity index is 1230. The summed E-state index contributed by atoms with van der Waals surface area (Å²) in [5.74, 6) is -1.02. The lowest BCUT2D eigenvalue weighted by molar-refractivity contribution is -0.138. The van der Waals surface area contributed by atoms with E-state index in [0.29, 0.717) is 27.9 Å². The molecule has 1 aromatic heterocycles. The Labute approximate surface area is 186 Å². The average Bonchev–Trinajstić information content (AvgIpc) is 3.41. The zero-order valence-corrected chi connectivity index (χ0v) is 17.6. The first kappa shape index (κ1) is 21.9. The van der Waals surface area contributed by atoms with Gasteiger partial charge in [0.15, 0.2) is 0 Å². The fourth-order valence-corrected chi connectivity index (χ4v) is 3.64. The topological polar surface area (TPSA) is 78.1 Å². The summed E-state index contributed by atoms with van der Waals surface area (Å²) in [7, 11) is 0. The van der Waals surface area contributed by atoms with E-state index in [1.165, 1.54) is 11.0 Å². The summed E-state index contributed by atoms with van der Waals surface area (Å²) < 4.78 is 41.0. The van der Waals surface area contributed by atoms with Crippen LogP contribution in [0.15, 0.2) is 48.6 Å². The number of nitrogens with zero attached hydrogens (tertiary/aromatic N) is 2. The van der Waals surface area contributed by atoms with Crippen molar-refractivity contribution in [3.8, 4) is 0 Å². The van der Waals surface area contributed by atoms with Crippen LogP contribution < -0.4 is 5.32 Å². The van der Waals surface area contributed by atoms with Gasteiger partial charge in [-0.2, -0.15) is 13.2 Å². The van der Waals surface area contributed by atoms with Crippen LogP contribution in [0.4, 0.5) is 13.2 Å². The molecular weight excluding hydrogens is 445 g/mol. The van der Waals surface area contributed by atoms with Crippen LogP contribution in [0.5, 0.6) is 0 Å². The number of carbonyl (C=O) groups excluding carboxylic acids is 2. The van der Waals surface area contributed by atoms with Gasteiger partial charge in [0.1, 0.15) is 5.82 Å². The third-order valence-corrected chi connectivity index (χ3v) is 5.38. The van der Waals surface area contributed by atoms with Gasteiger partial charge in [-0.05, 0) is 43.3 Å². The van der Waals surface area contributed by atoms with Crippen molar-refractivity contribution in [3.05, 3.63) is 76.1 Å². The van der Waals surface area contributed by atoms with Gasteiger partial charge in [-0.25, -0.2) is 4.98 Å². The molecule has 1 aliphatic rings. The lowest BCUT2D eigenvalue weighted by Crippen LogP contribution is -2.31. The number of hydrogen-bond donors (Lipinski definition) is 2. The molecular formula is C22H18ClF3N4O2. The fraction of sp³-hybridized carbons (Fsp3) is 0.227. The smallest absolute Gasteiger partial charge is 0.342 e. The molecule has 0 radical (unpaired) electrons. The summed E-state index contributed by atoms with van der Waals surface area (Å²) in [5, 5.41) is 3.14. The minimum absolute atomic E-state index is 0.209. The highest BCUT2D eigenvalue weighted by Gasteiger charge is 2.37. The monoisotopic (exact) mass is 462 g/mol. The van der Waals surface area contributed by atoms with E-state index in [1.807, 2.05) is 0 Å². The standard InChI is InChI=1S/C22H18ClF3N4O2/c1-12(19-28-17-7-5-14(23)11-18(17)29-19)27-20(31)13-4-6-15(16(10-13)22(24,25)26)21(32)30-8-2-3-9-30/h2-7,10-12H,8-9H2,1H3,(H,27,31)(H,28,29)/t12-/m0/s1. The first-order chi connectivity index (χ1) is 15.1. The molecule has 10 heteroatoms. The van der Waals surface area contributed by atoms with E-state index in [2.05, 4.69) is 15.3 Å². The predicted octanol–water partition coefficient (Wildman–Crippen LogP) is 4.74. The zero-order valence-electron chi connectivity index (χ0n) is 16.8. The Balaban J connectivity index is 1.57. The quantitative estimate of drug-likeness (QED) is 0.550. The molecule has 0 saturated heterocycles. The third-order valence-electron chi connectivity index (χ3n) is 5.14. The first-order valence-electron chi connectivity index (χ1n) is 9.75. The molecule has 0 fully saturated rings. The number of H-pyrrole nitrogens is 1. The van der Waals surface area contributed by atoms with Gasteiger partial charge in [0.25, 0.3) is 11.8 Å². The summed E-state index contributed by atoms with van der Waals surface area (Å²) in [6.45, 7) is 2.15. The largest absolute Gasteiger partial charge is 0.417 e. The van der Waals surface area contributed by atoms with Crippen molar-refractivity contribution >= 4 is 34.4 Å². The maximum Gasteiger partial charge on any atom is 0.417 e. The van der Waals surface area contributed by atoms with Crippen molar-refractivity contribution in [2.24, 2.45) is 0 Å². The van der Waals surface area contributed by atoms with Crippen LogP contribution in [-0.4, -0.2) is 39.8 Å². The Morgan fingerprint density at radius 2 is 1.88 bits per heavy atom. The summed E-state index contributed by atoms with van der Waals surface area (Å²) in [6.07, 6.45) is -1.38. The molecule has 166 valence electrons. The summed E-state index contributed by atoms with van der Waals surface area (Å²) in [4.78, 5) is 33.9. The molecule has 0 bridgehead atoms. The minimum atomic E-state index is -4.79. The molecule has 0 spiro atoms. The second-order valence-electron chi connectivity index (χ2n) is 7.42. The van der Waals surface area contributed by atoms with E-state index in [-0.39, 0.29) is 18.7 Å². The lowest BCUT2D eigenvalue weighted by atomic mass is 10.0. The van der Waals surface area contributed by atoms with Crippen molar-refractivity contribution in [1.82, 2.24) is 20.2 Å². The van der Waals surface area contributed by atoms with Gasteiger partial charge < -0.3 is 15.2 Å². The van der Waals surface area contributed by atoms with Gasteiger partial charge in [-0.3, -0.25) is 9.59 Å². The zero-order chi connectivity index (χ0) is 23.0. The van der Waals surface area contributed by atoms with Gasteiger partial charge in [0, 0.05) is 23.7 Å². The van der Waals surface area contributed by atoms with Gasteiger partial charge in [0.2, 0.25) is 0 Å². The number of imidazole rings is 1. The number of aromatic amines is 1. The van der Waals surface area contributed by atoms with E-state index in [0.717, 1.165) is 6.07 Å². The molecule has 2 aromatic carbocycles. The van der Waals surface area contributed by atoms with Crippen LogP contribution in [0.3, 0.4) is 0 Å². The Kier molecular flexibility index (Phi) is 5.68. The number of fused-ring (bicyclic) bond motifs is 1. The molecule has 0 saturated carbocycles. The van der Waals surface area contributed by atoms with Gasteiger partial charge in [0.05, 0.1) is 28.2 Å². The first-order valence-corrected chi connectivity index (χ1v) is 10.1. The highest BCUT2D eigenvalue weighted by atomic mass is 35.5. The van der Waals surface area contributed by atoms with Crippen LogP contribution in [0, 0.1) is 0 Å². The van der Waals surface area contributed by atoms with Crippen LogP contribution in [-0.2, 0) is 6.18 Å². The van der Waals surface area contributed by atoms with Crippen LogP contribution in [0.2, 0.25) is 5.02 Å². The second-order valence-corrected chi connectivity index (χ2v) is 7.85. The van der Waals surface area contributed by atoms with Crippen LogP contribution in [0.25, 0.3) is 11.0 Å². The van der Waals surface area contributed by atoms with Crippen LogP contribution >= 0.6 is 11.6 Å². The van der Waals surface area contributed by atoms with E-state index < -0.39 is 35.2 Å². The molecule has 1 aliphatic heterocycles. The maximum atomic E-state index is 13.7. The highest BCUT2D eigenvalue weighted by Crippen LogP contribution is 2.33. The molecule has 4 rings (SSSR count). The highest BCUT2D eigenvalue weighted by molar-refractivity contribution is 6.31. The summed E-state index contributed by atoms with van der Waals surface area (Å²) >= 11 is 5.95. The molecule has 3 aromatic rings. The molecule has 1 atom stereocenters. The number of hydrogen-bond acceptors (Lipinski definition) is 3. The van der Waals surface area contributed by atoms with E-state index in [1.54, 1.807) is 37.3 Å². The Hall–Kier alpha value is -3.33. The molecule has 2 heterocycles.